The summed E-state index contributed by atoms with van der Waals surface area (Å²) in [5.41, 5.74) is 2.63. The van der Waals surface area contributed by atoms with Crippen LogP contribution in [0, 0.1) is 5.82 Å². The summed E-state index contributed by atoms with van der Waals surface area (Å²) in [5.74, 6) is 0.191. The number of benzene rings is 3. The van der Waals surface area contributed by atoms with Gasteiger partial charge in [0.15, 0.2) is 16.7 Å². The van der Waals surface area contributed by atoms with Crippen molar-refractivity contribution in [3.05, 3.63) is 94.1 Å². The largest absolute Gasteiger partial charge is 0.490 e. The maximum atomic E-state index is 13.1. The van der Waals surface area contributed by atoms with Gasteiger partial charge < -0.3 is 14.2 Å². The molecule has 190 valence electrons. The number of methoxy groups -OCH3 is 1. The number of thioether (sulfide) groups is 1. The number of ether oxygens (including phenoxy) is 3. The molecule has 1 saturated heterocycles. The highest BCUT2D eigenvalue weighted by Crippen LogP contribution is 2.35. The van der Waals surface area contributed by atoms with E-state index in [2.05, 4.69) is 4.99 Å². The molecule has 3 aromatic rings. The van der Waals surface area contributed by atoms with Crippen LogP contribution in [0.3, 0.4) is 0 Å². The molecular formula is C28H25FN2O5S. The van der Waals surface area contributed by atoms with Crippen molar-refractivity contribution < 1.29 is 28.2 Å². The lowest BCUT2D eigenvalue weighted by Gasteiger charge is -2.13. The molecule has 0 N–H and O–H groups in total. The van der Waals surface area contributed by atoms with Gasteiger partial charge in [-0.25, -0.2) is 14.2 Å². The van der Waals surface area contributed by atoms with Crippen LogP contribution in [-0.2, 0) is 16.1 Å². The number of nitrogens with zero attached hydrogens (tertiary/aromatic N) is 2. The third-order valence-corrected chi connectivity index (χ3v) is 6.45. The zero-order valence-corrected chi connectivity index (χ0v) is 21.4. The molecule has 0 aliphatic carbocycles. The number of amidine groups is 1. The minimum atomic E-state index is -0.426. The predicted octanol–water partition coefficient (Wildman–Crippen LogP) is 5.82. The Balaban J connectivity index is 1.51. The Kier molecular flexibility index (Phi) is 8.25. The van der Waals surface area contributed by atoms with E-state index in [1.165, 1.54) is 35.9 Å². The molecule has 1 aliphatic heterocycles. The van der Waals surface area contributed by atoms with Crippen LogP contribution in [0.15, 0.2) is 76.6 Å². The Bertz CT molecular complexity index is 1350. The molecule has 37 heavy (non-hydrogen) atoms. The van der Waals surface area contributed by atoms with E-state index in [9.17, 15) is 14.0 Å². The molecule has 0 atom stereocenters. The van der Waals surface area contributed by atoms with Crippen molar-refractivity contribution in [3.8, 4) is 11.5 Å². The topological polar surface area (TPSA) is 77.4 Å². The molecule has 0 aromatic heterocycles. The van der Waals surface area contributed by atoms with E-state index in [-0.39, 0.29) is 18.3 Å². The monoisotopic (exact) mass is 520 g/mol. The number of hydrogen-bond acceptors (Lipinski definition) is 7. The van der Waals surface area contributed by atoms with Crippen LogP contribution in [0.2, 0.25) is 0 Å². The fraction of sp³-hybridized carbons (Fsp3) is 0.179. The summed E-state index contributed by atoms with van der Waals surface area (Å²) >= 11 is 1.26. The molecule has 9 heteroatoms. The zero-order valence-electron chi connectivity index (χ0n) is 20.6. The SMILES string of the molecule is CCOc1cc(C=C2SC(=Nc3ccc(C(=O)OC)cc3)N(C)C2=O)ccc1OCc1ccc(F)cc1. The Morgan fingerprint density at radius 1 is 1.03 bits per heavy atom. The quantitative estimate of drug-likeness (QED) is 0.275. The summed E-state index contributed by atoms with van der Waals surface area (Å²) < 4.78 is 29.5. The van der Waals surface area contributed by atoms with Crippen LogP contribution in [0.5, 0.6) is 11.5 Å². The average molecular weight is 521 g/mol. The number of esters is 1. The highest BCUT2D eigenvalue weighted by Gasteiger charge is 2.30. The first-order valence-electron chi connectivity index (χ1n) is 11.5. The minimum Gasteiger partial charge on any atom is -0.490 e. The highest BCUT2D eigenvalue weighted by molar-refractivity contribution is 8.18. The second-order valence-electron chi connectivity index (χ2n) is 7.96. The third-order valence-electron chi connectivity index (χ3n) is 5.39. The molecule has 0 bridgehead atoms. The number of hydrogen-bond donors (Lipinski definition) is 0. The standard InChI is InChI=1S/C28H25FN2O5S/c1-4-35-24-15-19(7-14-23(24)36-17-18-5-10-21(29)11-6-18)16-25-26(32)31(2)28(37-25)30-22-12-8-20(9-13-22)27(33)34-3/h5-16H,4,17H2,1-3H3. The van der Waals surface area contributed by atoms with Crippen molar-refractivity contribution in [3.63, 3.8) is 0 Å². The molecule has 1 amide bonds. The van der Waals surface area contributed by atoms with Crippen molar-refractivity contribution in [2.75, 3.05) is 20.8 Å². The van der Waals surface area contributed by atoms with Crippen molar-refractivity contribution in [1.29, 1.82) is 0 Å². The van der Waals surface area contributed by atoms with E-state index < -0.39 is 5.97 Å². The Hall–Kier alpha value is -4.11. The summed E-state index contributed by atoms with van der Waals surface area (Å²) in [7, 11) is 2.99. The maximum Gasteiger partial charge on any atom is 0.337 e. The number of aliphatic imine (C=N–C) groups is 1. The van der Waals surface area contributed by atoms with Gasteiger partial charge in [0.25, 0.3) is 5.91 Å². The molecule has 4 rings (SSSR count). The van der Waals surface area contributed by atoms with Gasteiger partial charge in [0, 0.05) is 7.05 Å². The fourth-order valence-corrected chi connectivity index (χ4v) is 4.43. The van der Waals surface area contributed by atoms with Gasteiger partial charge in [-0.15, -0.1) is 0 Å². The van der Waals surface area contributed by atoms with Crippen LogP contribution < -0.4 is 9.47 Å². The number of carbonyl (C=O) groups excluding carboxylic acids is 2. The lowest BCUT2D eigenvalue weighted by Crippen LogP contribution is -2.23. The first-order valence-corrected chi connectivity index (χ1v) is 12.3. The number of carbonyl (C=O) groups is 2. The van der Waals surface area contributed by atoms with Crippen molar-refractivity contribution >= 4 is 40.6 Å². The smallest absolute Gasteiger partial charge is 0.337 e. The van der Waals surface area contributed by atoms with Crippen LogP contribution in [0.1, 0.15) is 28.4 Å². The molecule has 0 radical (unpaired) electrons. The Morgan fingerprint density at radius 2 is 1.76 bits per heavy atom. The van der Waals surface area contributed by atoms with Crippen molar-refractivity contribution in [2.45, 2.75) is 13.5 Å². The lowest BCUT2D eigenvalue weighted by atomic mass is 10.1. The van der Waals surface area contributed by atoms with Crippen LogP contribution in [-0.4, -0.2) is 42.7 Å². The van der Waals surface area contributed by atoms with Crippen LogP contribution in [0.25, 0.3) is 6.08 Å². The van der Waals surface area contributed by atoms with E-state index >= 15 is 0 Å². The van der Waals surface area contributed by atoms with E-state index in [4.69, 9.17) is 14.2 Å². The van der Waals surface area contributed by atoms with Gasteiger partial charge in [-0.1, -0.05) is 18.2 Å². The molecule has 1 heterocycles. The summed E-state index contributed by atoms with van der Waals surface area (Å²) in [6, 6.07) is 18.2. The summed E-state index contributed by atoms with van der Waals surface area (Å²) in [6.45, 7) is 2.58. The van der Waals surface area contributed by atoms with E-state index in [0.29, 0.717) is 39.4 Å². The first kappa shape index (κ1) is 26.0. The molecule has 0 spiro atoms. The van der Waals surface area contributed by atoms with E-state index in [0.717, 1.165) is 11.1 Å². The second-order valence-corrected chi connectivity index (χ2v) is 8.97. The van der Waals surface area contributed by atoms with Gasteiger partial charge in [-0.2, -0.15) is 0 Å². The summed E-state index contributed by atoms with van der Waals surface area (Å²) in [6.07, 6.45) is 1.78. The van der Waals surface area contributed by atoms with E-state index in [1.54, 1.807) is 55.6 Å². The fourth-order valence-electron chi connectivity index (χ4n) is 3.45. The third kappa shape index (κ3) is 6.37. The molecule has 3 aromatic carbocycles. The van der Waals surface area contributed by atoms with Gasteiger partial charge in [0.2, 0.25) is 0 Å². The van der Waals surface area contributed by atoms with Gasteiger partial charge in [-0.3, -0.25) is 9.69 Å². The van der Waals surface area contributed by atoms with Crippen LogP contribution >= 0.6 is 11.8 Å². The number of halogens is 1. The maximum absolute atomic E-state index is 13.1. The molecule has 7 nitrogen and oxygen atoms in total. The van der Waals surface area contributed by atoms with Gasteiger partial charge in [-0.05, 0) is 84.4 Å². The molecule has 1 fully saturated rings. The Morgan fingerprint density at radius 3 is 2.43 bits per heavy atom. The predicted molar refractivity (Wildman–Crippen MR) is 142 cm³/mol. The molecule has 0 unspecified atom stereocenters. The lowest BCUT2D eigenvalue weighted by molar-refractivity contribution is -0.121. The Labute approximate surface area is 218 Å². The van der Waals surface area contributed by atoms with Crippen molar-refractivity contribution in [1.82, 2.24) is 4.90 Å². The molecule has 1 aliphatic rings. The van der Waals surface area contributed by atoms with E-state index in [1.807, 2.05) is 19.1 Å². The number of amides is 1. The number of likely N-dealkylation sites (N-methyl/N-ethyl adjacent to an activating group) is 1. The van der Waals surface area contributed by atoms with Gasteiger partial charge >= 0.3 is 5.97 Å². The normalized spacial score (nSPS) is 15.4. The number of rotatable bonds is 8. The minimum absolute atomic E-state index is 0.176. The summed E-state index contributed by atoms with van der Waals surface area (Å²) in [5, 5.41) is 0.520. The zero-order chi connectivity index (χ0) is 26.4. The second kappa shape index (κ2) is 11.7. The van der Waals surface area contributed by atoms with Gasteiger partial charge in [0.1, 0.15) is 12.4 Å². The van der Waals surface area contributed by atoms with Crippen LogP contribution in [0.4, 0.5) is 10.1 Å². The summed E-state index contributed by atoms with van der Waals surface area (Å²) in [4.78, 5) is 31.0. The molecular weight excluding hydrogens is 495 g/mol. The average Bonchev–Trinajstić information content (AvgIpc) is 3.17. The van der Waals surface area contributed by atoms with Gasteiger partial charge in [0.05, 0.1) is 29.9 Å². The first-order chi connectivity index (χ1) is 17.9. The van der Waals surface area contributed by atoms with Crippen molar-refractivity contribution in [2.24, 2.45) is 4.99 Å². The molecule has 0 saturated carbocycles. The highest BCUT2D eigenvalue weighted by atomic mass is 32.2.